The third kappa shape index (κ3) is 14.1. The van der Waals surface area contributed by atoms with Crippen molar-refractivity contribution in [2.75, 3.05) is 59.5 Å². The molecule has 0 spiro atoms. The molecule has 0 atom stereocenters. The molecule has 0 aromatic rings. The Balaban J connectivity index is 4.06. The van der Waals surface area contributed by atoms with Crippen LogP contribution >= 0.6 is 0 Å². The molecule has 0 aromatic heterocycles. The minimum atomic E-state index is -1.14. The van der Waals surface area contributed by atoms with Gasteiger partial charge in [0.25, 0.3) is 6.29 Å². The first kappa shape index (κ1) is 22.5. The van der Waals surface area contributed by atoms with E-state index in [2.05, 4.69) is 19.7 Å². The Morgan fingerprint density at radius 2 is 1.12 bits per heavy atom. The molecule has 0 fully saturated rings. The van der Waals surface area contributed by atoms with E-state index in [0.717, 1.165) is 0 Å². The number of carbonyl (C=O) groups is 1. The lowest BCUT2D eigenvalue weighted by Crippen LogP contribution is -2.32. The first-order chi connectivity index (χ1) is 11.8. The van der Waals surface area contributed by atoms with E-state index in [4.69, 9.17) is 28.4 Å². The summed E-state index contributed by atoms with van der Waals surface area (Å²) in [6, 6.07) is 0. The monoisotopic (exact) mass is 344 g/mol. The SMILES string of the molecule is C=CCOCCOC(=O)C(OCCOCC=C)OCCOCC=C. The van der Waals surface area contributed by atoms with Gasteiger partial charge in [-0.1, -0.05) is 18.2 Å². The minimum absolute atomic E-state index is 0.107. The third-order valence-electron chi connectivity index (χ3n) is 2.37. The summed E-state index contributed by atoms with van der Waals surface area (Å²) < 4.78 is 31.2. The lowest BCUT2D eigenvalue weighted by molar-refractivity contribution is -0.200. The van der Waals surface area contributed by atoms with Gasteiger partial charge < -0.3 is 28.4 Å². The maximum Gasteiger partial charge on any atom is 0.363 e. The summed E-state index contributed by atoms with van der Waals surface area (Å²) in [4.78, 5) is 12.0. The van der Waals surface area contributed by atoms with Gasteiger partial charge >= 0.3 is 5.97 Å². The summed E-state index contributed by atoms with van der Waals surface area (Å²) in [7, 11) is 0. The van der Waals surface area contributed by atoms with Gasteiger partial charge in [0.15, 0.2) is 0 Å². The highest BCUT2D eigenvalue weighted by molar-refractivity contribution is 5.73. The van der Waals surface area contributed by atoms with Crippen LogP contribution in [0.5, 0.6) is 0 Å². The van der Waals surface area contributed by atoms with E-state index in [9.17, 15) is 4.79 Å². The highest BCUT2D eigenvalue weighted by atomic mass is 16.7. The van der Waals surface area contributed by atoms with E-state index in [-0.39, 0.29) is 26.4 Å². The highest BCUT2D eigenvalue weighted by Crippen LogP contribution is 2.00. The van der Waals surface area contributed by atoms with Crippen LogP contribution in [0.4, 0.5) is 0 Å². The zero-order valence-electron chi connectivity index (χ0n) is 14.2. The van der Waals surface area contributed by atoms with Gasteiger partial charge in [0.2, 0.25) is 0 Å². The molecule has 0 saturated heterocycles. The Kier molecular flexibility index (Phi) is 16.7. The van der Waals surface area contributed by atoms with Crippen LogP contribution in [-0.2, 0) is 33.2 Å². The van der Waals surface area contributed by atoms with E-state index in [1.165, 1.54) is 0 Å². The minimum Gasteiger partial charge on any atom is -0.459 e. The quantitative estimate of drug-likeness (QED) is 0.161. The van der Waals surface area contributed by atoms with Crippen LogP contribution in [0.2, 0.25) is 0 Å². The Morgan fingerprint density at radius 1 is 0.708 bits per heavy atom. The molecule has 7 nitrogen and oxygen atoms in total. The summed E-state index contributed by atoms with van der Waals surface area (Å²) in [5, 5.41) is 0. The van der Waals surface area contributed by atoms with Gasteiger partial charge in [-0.3, -0.25) is 0 Å². The summed E-state index contributed by atoms with van der Waals surface area (Å²) in [6.45, 7) is 13.2. The molecule has 0 amide bonds. The van der Waals surface area contributed by atoms with E-state index >= 15 is 0 Å². The van der Waals surface area contributed by atoms with Crippen molar-refractivity contribution >= 4 is 5.97 Å². The molecule has 0 bridgehead atoms. The van der Waals surface area contributed by atoms with E-state index in [0.29, 0.717) is 33.0 Å². The largest absolute Gasteiger partial charge is 0.459 e. The number of carbonyl (C=O) groups excluding carboxylic acids is 1. The molecule has 0 aromatic carbocycles. The molecular weight excluding hydrogens is 316 g/mol. The van der Waals surface area contributed by atoms with E-state index < -0.39 is 12.3 Å². The van der Waals surface area contributed by atoms with Crippen molar-refractivity contribution in [3.63, 3.8) is 0 Å². The second-order valence-corrected chi connectivity index (χ2v) is 4.33. The van der Waals surface area contributed by atoms with Crippen LogP contribution in [0.25, 0.3) is 0 Å². The molecule has 0 aliphatic heterocycles. The van der Waals surface area contributed by atoms with Crippen LogP contribution < -0.4 is 0 Å². The molecule has 0 aliphatic rings. The van der Waals surface area contributed by atoms with E-state index in [1.807, 2.05) is 0 Å². The van der Waals surface area contributed by atoms with E-state index in [1.54, 1.807) is 18.2 Å². The van der Waals surface area contributed by atoms with Gasteiger partial charge in [0.1, 0.15) is 6.61 Å². The topological polar surface area (TPSA) is 72.5 Å². The number of esters is 1. The molecule has 0 saturated carbocycles. The van der Waals surface area contributed by atoms with Gasteiger partial charge in [-0.25, -0.2) is 4.79 Å². The van der Waals surface area contributed by atoms with Gasteiger partial charge in [0, 0.05) is 0 Å². The van der Waals surface area contributed by atoms with Crippen LogP contribution in [0.15, 0.2) is 38.0 Å². The molecule has 7 heteroatoms. The Hall–Kier alpha value is -1.51. The van der Waals surface area contributed by atoms with Crippen molar-refractivity contribution in [2.24, 2.45) is 0 Å². The Labute approximate surface area is 143 Å². The molecule has 0 rings (SSSR count). The first-order valence-corrected chi connectivity index (χ1v) is 7.72. The first-order valence-electron chi connectivity index (χ1n) is 7.72. The third-order valence-corrected chi connectivity index (χ3v) is 2.37. The lowest BCUT2D eigenvalue weighted by Gasteiger charge is -2.17. The lowest BCUT2D eigenvalue weighted by atomic mass is 10.6. The van der Waals surface area contributed by atoms with Crippen LogP contribution in [0.1, 0.15) is 0 Å². The number of ether oxygens (including phenoxy) is 6. The Morgan fingerprint density at radius 3 is 1.54 bits per heavy atom. The van der Waals surface area contributed by atoms with Crippen molar-refractivity contribution < 1.29 is 33.2 Å². The van der Waals surface area contributed by atoms with Gasteiger partial charge in [-0.15, -0.1) is 19.7 Å². The second-order valence-electron chi connectivity index (χ2n) is 4.33. The average molecular weight is 344 g/mol. The van der Waals surface area contributed by atoms with Crippen molar-refractivity contribution in [1.82, 2.24) is 0 Å². The van der Waals surface area contributed by atoms with Crippen molar-refractivity contribution in [2.45, 2.75) is 6.29 Å². The Bertz CT molecular complexity index is 326. The predicted octanol–water partition coefficient (Wildman–Crippen LogP) is 1.50. The zero-order chi connectivity index (χ0) is 17.9. The van der Waals surface area contributed by atoms with Crippen LogP contribution in [0.3, 0.4) is 0 Å². The maximum atomic E-state index is 12.0. The fourth-order valence-corrected chi connectivity index (χ4v) is 1.38. The van der Waals surface area contributed by atoms with Crippen LogP contribution in [-0.4, -0.2) is 71.7 Å². The average Bonchev–Trinajstić information content (AvgIpc) is 2.59. The molecule has 0 radical (unpaired) electrons. The fourth-order valence-electron chi connectivity index (χ4n) is 1.38. The summed E-state index contributed by atoms with van der Waals surface area (Å²) >= 11 is 0. The smallest absolute Gasteiger partial charge is 0.363 e. The van der Waals surface area contributed by atoms with Gasteiger partial charge in [-0.2, -0.15) is 0 Å². The molecule has 0 unspecified atom stereocenters. The number of hydrogen-bond acceptors (Lipinski definition) is 7. The zero-order valence-corrected chi connectivity index (χ0v) is 14.2. The standard InChI is InChI=1S/C17H28O7/c1-4-7-19-10-13-22-16(18)17(23-14-11-20-8-5-2)24-15-12-21-9-6-3/h4-6,17H,1-3,7-15H2. The van der Waals surface area contributed by atoms with Crippen molar-refractivity contribution in [3.8, 4) is 0 Å². The molecular formula is C17H28O7. The molecule has 138 valence electrons. The summed E-state index contributed by atoms with van der Waals surface area (Å²) in [5.74, 6) is -0.621. The normalized spacial score (nSPS) is 10.5. The summed E-state index contributed by atoms with van der Waals surface area (Å²) in [5.41, 5.74) is 0. The van der Waals surface area contributed by atoms with Crippen LogP contribution in [0, 0.1) is 0 Å². The van der Waals surface area contributed by atoms with Crippen molar-refractivity contribution in [1.29, 1.82) is 0 Å². The molecule has 0 heterocycles. The molecule has 0 aliphatic carbocycles. The fraction of sp³-hybridized carbons (Fsp3) is 0.588. The predicted molar refractivity (Wildman–Crippen MR) is 89.7 cm³/mol. The van der Waals surface area contributed by atoms with Gasteiger partial charge in [-0.05, 0) is 0 Å². The highest BCUT2D eigenvalue weighted by Gasteiger charge is 2.21. The summed E-state index contributed by atoms with van der Waals surface area (Å²) in [6.07, 6.45) is 3.73. The number of hydrogen-bond donors (Lipinski definition) is 0. The second kappa shape index (κ2) is 17.8. The maximum absolute atomic E-state index is 12.0. The number of rotatable bonds is 18. The molecule has 0 N–H and O–H groups in total. The van der Waals surface area contributed by atoms with Gasteiger partial charge in [0.05, 0.1) is 52.9 Å². The van der Waals surface area contributed by atoms with Crippen molar-refractivity contribution in [3.05, 3.63) is 38.0 Å². The molecule has 24 heavy (non-hydrogen) atoms.